The number of para-hydroxylation sites is 1. The summed E-state index contributed by atoms with van der Waals surface area (Å²) in [5.41, 5.74) is 5.12. The van der Waals surface area contributed by atoms with Crippen LogP contribution in [0.2, 0.25) is 0 Å². The van der Waals surface area contributed by atoms with Crippen molar-refractivity contribution in [2.24, 2.45) is 0 Å². The van der Waals surface area contributed by atoms with Crippen LogP contribution in [0.15, 0.2) is 97.1 Å². The zero-order valence-electron chi connectivity index (χ0n) is 44.1. The van der Waals surface area contributed by atoms with Gasteiger partial charge in [-0.15, -0.1) is 16.4 Å². The van der Waals surface area contributed by atoms with Gasteiger partial charge in [0, 0.05) is 48.9 Å². The van der Waals surface area contributed by atoms with Gasteiger partial charge in [0.1, 0.15) is 30.8 Å². The zero-order valence-corrected chi connectivity index (χ0v) is 46.6. The lowest BCUT2D eigenvalue weighted by Gasteiger charge is -2.28. The predicted molar refractivity (Wildman–Crippen MR) is 302 cm³/mol. The minimum atomic E-state index is -3.39. The van der Waals surface area contributed by atoms with Crippen LogP contribution in [-0.4, -0.2) is 124 Å². The van der Waals surface area contributed by atoms with Crippen LogP contribution in [0, 0.1) is 0 Å². The van der Waals surface area contributed by atoms with E-state index < -0.39 is 18.7 Å². The molecule has 2 aliphatic rings. The Balaban J connectivity index is 0.758. The Morgan fingerprint density at radius 1 is 0.810 bits per heavy atom. The van der Waals surface area contributed by atoms with Crippen molar-refractivity contribution in [2.75, 3.05) is 83.3 Å². The number of thiophene rings is 1. The van der Waals surface area contributed by atoms with Gasteiger partial charge in [0.25, 0.3) is 11.8 Å². The van der Waals surface area contributed by atoms with E-state index in [4.69, 9.17) is 35.3 Å². The number of carbonyl (C=O) groups is 5. The molecule has 0 saturated carbocycles. The minimum absolute atomic E-state index is 0.0222. The molecule has 0 bridgehead atoms. The summed E-state index contributed by atoms with van der Waals surface area (Å²) in [6.45, 7) is 0.677. The fourth-order valence-electron chi connectivity index (χ4n) is 9.09. The molecule has 20 nitrogen and oxygen atoms in total. The lowest BCUT2D eigenvalue weighted by atomic mass is 9.95. The Kier molecular flexibility index (Phi) is 22.0. The van der Waals surface area contributed by atoms with Crippen LogP contribution in [-0.2, 0) is 62.5 Å². The maximum absolute atomic E-state index is 14.0. The summed E-state index contributed by atoms with van der Waals surface area (Å²) in [7, 11) is 1.26. The molecule has 0 radical (unpaired) electrons. The van der Waals surface area contributed by atoms with Gasteiger partial charge in [-0.2, -0.15) is 0 Å². The monoisotopic (exact) mass is 1140 g/mol. The highest BCUT2D eigenvalue weighted by molar-refractivity contribution is 8.06. The summed E-state index contributed by atoms with van der Waals surface area (Å²) in [6.07, 6.45) is 5.27. The van der Waals surface area contributed by atoms with Crippen LogP contribution < -0.4 is 35.8 Å². The number of fused-ring (bicyclic) bond motifs is 6. The van der Waals surface area contributed by atoms with Crippen LogP contribution >= 0.6 is 18.1 Å². The number of carbonyl (C=O) groups excluding carboxylic acids is 5. The van der Waals surface area contributed by atoms with Gasteiger partial charge in [0.2, 0.25) is 17.7 Å². The third-order valence-corrected chi connectivity index (χ3v) is 16.0. The van der Waals surface area contributed by atoms with E-state index in [0.29, 0.717) is 87.5 Å². The quantitative estimate of drug-likeness (QED) is 0.0269. The molecule has 420 valence electrons. The van der Waals surface area contributed by atoms with E-state index in [1.54, 1.807) is 23.1 Å². The molecule has 4 N–H and O–H groups in total. The third-order valence-electron chi connectivity index (χ3n) is 13.2. The third kappa shape index (κ3) is 16.8. The number of aromatic nitrogens is 3. The molecule has 8 rings (SSSR count). The summed E-state index contributed by atoms with van der Waals surface area (Å²) in [5.74, 6) is -1.09. The second-order valence-corrected chi connectivity index (χ2v) is 22.6. The van der Waals surface area contributed by atoms with Gasteiger partial charge < -0.3 is 59.1 Å². The normalized spacial score (nSPS) is 14.8. The van der Waals surface area contributed by atoms with Crippen molar-refractivity contribution < 1.29 is 56.9 Å². The highest BCUT2D eigenvalue weighted by Crippen LogP contribution is 2.41. The van der Waals surface area contributed by atoms with Crippen LogP contribution in [0.4, 0.5) is 11.4 Å². The number of hydrogen-bond donors (Lipinski definition) is 4. The van der Waals surface area contributed by atoms with Gasteiger partial charge in [-0.1, -0.05) is 90.5 Å². The average molecular weight is 1140 g/mol. The van der Waals surface area contributed by atoms with E-state index >= 15 is 0 Å². The number of anilines is 2. The van der Waals surface area contributed by atoms with Crippen molar-refractivity contribution in [3.63, 3.8) is 0 Å². The van der Waals surface area contributed by atoms with E-state index in [2.05, 4.69) is 36.1 Å². The molecule has 2 aromatic heterocycles. The average Bonchev–Trinajstić information content (AvgIpc) is 4.29. The first kappa shape index (κ1) is 58.7. The first-order valence-corrected chi connectivity index (χ1v) is 29.9. The standard InChI is InChI=1S/C56H67N8O12PS2/c1-71-77(70,78)76-28-13-3-2-11-25-57-50(65)23-24-51(66)63-38-40-15-4-6-16-42(40)53-52(43-17-7-8-19-47(43)63)61-62-64(53)27-29-72-30-31-73-32-33-74-34-35-75-41-21-22-45(59-56(69)49-36-39-14-5-9-20-48(39)79-49)44(37-41)54(67)60-46-18-10-12-26-58-55(46)68/h4-9,14-17,19-22,36-37,46H,2-3,10-13,18,23-35,38H2,1H3,(H,57,65)(H,58,68)(H,59,69)(H,60,67)(H,70,78)/p-1. The molecule has 2 aliphatic heterocycles. The van der Waals surface area contributed by atoms with Crippen LogP contribution in [0.5, 0.6) is 5.75 Å². The number of nitrogens with one attached hydrogen (secondary N) is 4. The van der Waals surface area contributed by atoms with Crippen molar-refractivity contribution in [3.8, 4) is 28.3 Å². The number of amides is 5. The first-order valence-electron chi connectivity index (χ1n) is 26.6. The number of unbranched alkanes of at least 4 members (excludes halogenated alkanes) is 3. The smallest absolute Gasteiger partial charge is 0.265 e. The van der Waals surface area contributed by atoms with Crippen LogP contribution in [0.25, 0.3) is 32.6 Å². The van der Waals surface area contributed by atoms with Gasteiger partial charge in [0.15, 0.2) is 0 Å². The van der Waals surface area contributed by atoms with Gasteiger partial charge in [-0.05, 0) is 79.5 Å². The number of rotatable bonds is 29. The highest BCUT2D eigenvalue weighted by atomic mass is 32.5. The highest BCUT2D eigenvalue weighted by Gasteiger charge is 2.30. The Morgan fingerprint density at radius 3 is 2.35 bits per heavy atom. The molecule has 4 heterocycles. The van der Waals surface area contributed by atoms with Crippen molar-refractivity contribution >= 4 is 80.9 Å². The number of nitrogens with zero attached hydrogens (tertiary/aromatic N) is 4. The molecule has 79 heavy (non-hydrogen) atoms. The van der Waals surface area contributed by atoms with Gasteiger partial charge in [-0.25, -0.2) is 4.68 Å². The number of ether oxygens (including phenoxy) is 4. The Bertz CT molecular complexity index is 3070. The molecule has 1 saturated heterocycles. The molecule has 2 atom stereocenters. The van der Waals surface area contributed by atoms with Gasteiger partial charge >= 0.3 is 0 Å². The Hall–Kier alpha value is -6.46. The first-order chi connectivity index (χ1) is 38.5. The maximum Gasteiger partial charge on any atom is 0.265 e. The van der Waals surface area contributed by atoms with Gasteiger partial charge in [0.05, 0.1) is 86.8 Å². The van der Waals surface area contributed by atoms with Crippen molar-refractivity contribution in [2.45, 2.75) is 76.9 Å². The van der Waals surface area contributed by atoms with Crippen molar-refractivity contribution in [1.29, 1.82) is 0 Å². The second kappa shape index (κ2) is 29.7. The lowest BCUT2D eigenvalue weighted by Crippen LogP contribution is -2.45. The largest absolute Gasteiger partial charge is 0.780 e. The molecule has 5 amide bonds. The molecular weight excluding hydrogens is 1070 g/mol. The summed E-state index contributed by atoms with van der Waals surface area (Å²) in [5, 5.41) is 21.6. The molecule has 4 aromatic carbocycles. The number of benzene rings is 4. The van der Waals surface area contributed by atoms with E-state index in [0.717, 1.165) is 64.6 Å². The van der Waals surface area contributed by atoms with E-state index in [1.165, 1.54) is 18.4 Å². The maximum atomic E-state index is 14.0. The Morgan fingerprint density at radius 2 is 1.54 bits per heavy atom. The summed E-state index contributed by atoms with van der Waals surface area (Å²) in [4.78, 5) is 80.4. The summed E-state index contributed by atoms with van der Waals surface area (Å²) in [6, 6.07) is 29.1. The van der Waals surface area contributed by atoms with E-state index in [-0.39, 0.29) is 74.1 Å². The lowest BCUT2D eigenvalue weighted by molar-refractivity contribution is -0.204. The molecular formula is C56H66N8O12PS2-. The topological polar surface area (TPSA) is 246 Å². The predicted octanol–water partition coefficient (Wildman–Crippen LogP) is 7.16. The van der Waals surface area contributed by atoms with Gasteiger partial charge in [-0.3, -0.25) is 24.0 Å². The molecule has 23 heteroatoms. The van der Waals surface area contributed by atoms with E-state index in [9.17, 15) is 28.9 Å². The van der Waals surface area contributed by atoms with Crippen molar-refractivity contribution in [1.82, 2.24) is 30.9 Å². The van der Waals surface area contributed by atoms with Crippen molar-refractivity contribution in [3.05, 3.63) is 113 Å². The second-order valence-electron chi connectivity index (χ2n) is 18.7. The van der Waals surface area contributed by atoms with E-state index in [1.807, 2.05) is 83.5 Å². The summed E-state index contributed by atoms with van der Waals surface area (Å²) >= 11 is 6.08. The molecule has 6 aromatic rings. The Labute approximate surface area is 468 Å². The zero-order chi connectivity index (χ0) is 55.4. The van der Waals surface area contributed by atoms with Crippen LogP contribution in [0.3, 0.4) is 0 Å². The molecule has 1 fully saturated rings. The minimum Gasteiger partial charge on any atom is -0.780 e. The number of hydrogen-bond acceptors (Lipinski definition) is 16. The summed E-state index contributed by atoms with van der Waals surface area (Å²) < 4.78 is 36.0. The molecule has 0 aliphatic carbocycles. The fourth-order valence-corrected chi connectivity index (χ4v) is 10.7. The molecule has 2 unspecified atom stereocenters. The fraction of sp³-hybridized carbons (Fsp3) is 0.411. The van der Waals surface area contributed by atoms with Crippen LogP contribution in [0.1, 0.15) is 83.4 Å². The molecule has 0 spiro atoms. The SMILES string of the molecule is COP([O-])(=S)OCCCCCCNC(=O)CCC(=O)N1Cc2ccccc2-c2c(nnn2CCOCCOCCOCCOc2ccc(NC(=O)c3cc4ccccc4s3)c(C(=O)NC3CCCCNC3=O)c2)-c2ccccc21.